The minimum absolute atomic E-state index is 0.0281. The van der Waals surface area contributed by atoms with Crippen LogP contribution >= 0.6 is 0 Å². The molecule has 146 valence electrons. The molecule has 4 nitrogen and oxygen atoms in total. The number of hydrogen-bond donors (Lipinski definition) is 0. The van der Waals surface area contributed by atoms with E-state index < -0.39 is 0 Å². The Balaban J connectivity index is 1.73. The number of aryl methyl sites for hydroxylation is 2. The number of pyridine rings is 2. The summed E-state index contributed by atoms with van der Waals surface area (Å²) in [5.74, 6) is 0. The molecule has 0 unspecified atom stereocenters. The van der Waals surface area contributed by atoms with Gasteiger partial charge >= 0.3 is 0 Å². The largest absolute Gasteiger partial charge is 0.381 e. The second-order valence-electron chi connectivity index (χ2n) is 8.38. The van der Waals surface area contributed by atoms with Gasteiger partial charge in [0.1, 0.15) is 0 Å². The van der Waals surface area contributed by atoms with E-state index in [0.29, 0.717) is 0 Å². The number of likely N-dealkylation sites (tertiary alicyclic amines) is 1. The van der Waals surface area contributed by atoms with E-state index in [9.17, 15) is 0 Å². The first-order chi connectivity index (χ1) is 13.0. The lowest BCUT2D eigenvalue weighted by atomic mass is 9.82. The van der Waals surface area contributed by atoms with E-state index in [0.717, 1.165) is 44.8 Å². The van der Waals surface area contributed by atoms with Crippen LogP contribution in [0.4, 0.5) is 0 Å². The highest BCUT2D eigenvalue weighted by Gasteiger charge is 2.43. The highest BCUT2D eigenvalue weighted by molar-refractivity contribution is 5.22. The predicted molar refractivity (Wildman–Crippen MR) is 110 cm³/mol. The van der Waals surface area contributed by atoms with Gasteiger partial charge in [-0.15, -0.1) is 0 Å². The van der Waals surface area contributed by atoms with Gasteiger partial charge in [0.2, 0.25) is 0 Å². The molecular weight excluding hydrogens is 334 g/mol. The summed E-state index contributed by atoms with van der Waals surface area (Å²) in [6.07, 6.45) is 7.21. The van der Waals surface area contributed by atoms with Gasteiger partial charge in [0.15, 0.2) is 0 Å². The summed E-state index contributed by atoms with van der Waals surface area (Å²) in [6, 6.07) is 10.5. The summed E-state index contributed by atoms with van der Waals surface area (Å²) < 4.78 is 5.93. The zero-order valence-corrected chi connectivity index (χ0v) is 17.2. The molecule has 1 aliphatic heterocycles. The van der Waals surface area contributed by atoms with Crippen molar-refractivity contribution in [2.45, 2.75) is 52.5 Å². The summed E-state index contributed by atoms with van der Waals surface area (Å²) in [6.45, 7) is 12.5. The van der Waals surface area contributed by atoms with Gasteiger partial charge in [-0.2, -0.15) is 0 Å². The van der Waals surface area contributed by atoms with Crippen LogP contribution in [0.2, 0.25) is 0 Å². The minimum Gasteiger partial charge on any atom is -0.381 e. The van der Waals surface area contributed by atoms with Crippen LogP contribution in [0.1, 0.15) is 50.6 Å². The molecule has 0 bridgehead atoms. The zero-order valence-electron chi connectivity index (χ0n) is 17.2. The third-order valence-corrected chi connectivity index (χ3v) is 6.10. The molecule has 2 aromatic heterocycles. The smallest absolute Gasteiger partial charge is 0.0535 e. The SMILES string of the molecule is CCOC[C@]1(CCc2ccccn2)CCN(C(C)(C)c2ccc(C)nc2)C1. The van der Waals surface area contributed by atoms with E-state index in [1.807, 2.05) is 25.4 Å². The molecule has 0 saturated carbocycles. The Kier molecular flexibility index (Phi) is 6.28. The molecule has 0 aromatic carbocycles. The maximum absolute atomic E-state index is 5.93. The lowest BCUT2D eigenvalue weighted by Crippen LogP contribution is -2.42. The van der Waals surface area contributed by atoms with Crippen molar-refractivity contribution >= 4 is 0 Å². The van der Waals surface area contributed by atoms with Gasteiger partial charge < -0.3 is 4.74 Å². The molecule has 1 atom stereocenters. The van der Waals surface area contributed by atoms with Gasteiger partial charge in [-0.3, -0.25) is 14.9 Å². The van der Waals surface area contributed by atoms with Crippen molar-refractivity contribution in [3.63, 3.8) is 0 Å². The van der Waals surface area contributed by atoms with Crippen LogP contribution in [0, 0.1) is 12.3 Å². The van der Waals surface area contributed by atoms with Crippen LogP contribution in [0.5, 0.6) is 0 Å². The molecule has 1 aliphatic rings. The quantitative estimate of drug-likeness (QED) is 0.694. The monoisotopic (exact) mass is 367 g/mol. The first-order valence-corrected chi connectivity index (χ1v) is 10.1. The van der Waals surface area contributed by atoms with Crippen LogP contribution in [-0.2, 0) is 16.7 Å². The molecule has 0 amide bonds. The second-order valence-corrected chi connectivity index (χ2v) is 8.38. The summed E-state index contributed by atoms with van der Waals surface area (Å²) >= 11 is 0. The number of aromatic nitrogens is 2. The molecule has 1 fully saturated rings. The Hall–Kier alpha value is -1.78. The number of nitrogens with zero attached hydrogens (tertiary/aromatic N) is 3. The summed E-state index contributed by atoms with van der Waals surface area (Å²) in [5.41, 5.74) is 3.69. The Labute approximate surface area is 164 Å². The van der Waals surface area contributed by atoms with Crippen LogP contribution in [0.3, 0.4) is 0 Å². The van der Waals surface area contributed by atoms with Crippen molar-refractivity contribution in [3.05, 3.63) is 59.7 Å². The number of hydrogen-bond acceptors (Lipinski definition) is 4. The van der Waals surface area contributed by atoms with Crippen LogP contribution in [0.15, 0.2) is 42.7 Å². The molecule has 3 heterocycles. The average Bonchev–Trinajstić information content (AvgIpc) is 3.12. The van der Waals surface area contributed by atoms with E-state index in [1.54, 1.807) is 0 Å². The van der Waals surface area contributed by atoms with Gasteiger partial charge in [-0.25, -0.2) is 0 Å². The van der Waals surface area contributed by atoms with Crippen molar-refractivity contribution in [2.75, 3.05) is 26.3 Å². The van der Waals surface area contributed by atoms with Crippen LogP contribution < -0.4 is 0 Å². The molecule has 0 spiro atoms. The Morgan fingerprint density at radius 2 is 2.04 bits per heavy atom. The fourth-order valence-corrected chi connectivity index (χ4v) is 4.08. The maximum Gasteiger partial charge on any atom is 0.0535 e. The van der Waals surface area contributed by atoms with E-state index in [4.69, 9.17) is 4.74 Å². The van der Waals surface area contributed by atoms with Crippen molar-refractivity contribution in [1.29, 1.82) is 0 Å². The minimum atomic E-state index is -0.0281. The predicted octanol–water partition coefficient (Wildman–Crippen LogP) is 4.38. The first kappa shape index (κ1) is 20.0. The lowest BCUT2D eigenvalue weighted by Gasteiger charge is -2.38. The van der Waals surface area contributed by atoms with Gasteiger partial charge in [0.05, 0.1) is 6.61 Å². The van der Waals surface area contributed by atoms with Crippen molar-refractivity contribution in [1.82, 2.24) is 14.9 Å². The van der Waals surface area contributed by atoms with Gasteiger partial charge in [0.25, 0.3) is 0 Å². The molecule has 0 aliphatic carbocycles. The zero-order chi connectivity index (χ0) is 19.3. The van der Waals surface area contributed by atoms with Crippen LogP contribution in [-0.4, -0.2) is 41.2 Å². The topological polar surface area (TPSA) is 38.2 Å². The van der Waals surface area contributed by atoms with Gasteiger partial charge in [-0.1, -0.05) is 12.1 Å². The molecule has 27 heavy (non-hydrogen) atoms. The maximum atomic E-state index is 5.93. The standard InChI is InChI=1S/C23H33N3O/c1-5-27-18-23(12-11-21-8-6-7-14-24-21)13-15-26(17-23)22(3,4)20-10-9-19(2)25-16-20/h6-10,14,16H,5,11-13,15,17-18H2,1-4H3/t23-/m1/s1. The van der Waals surface area contributed by atoms with E-state index in [-0.39, 0.29) is 11.0 Å². The first-order valence-electron chi connectivity index (χ1n) is 10.1. The van der Waals surface area contributed by atoms with Gasteiger partial charge in [0, 0.05) is 47.9 Å². The summed E-state index contributed by atoms with van der Waals surface area (Å²) in [7, 11) is 0. The third-order valence-electron chi connectivity index (χ3n) is 6.10. The molecule has 2 aromatic rings. The molecular formula is C23H33N3O. The van der Waals surface area contributed by atoms with E-state index >= 15 is 0 Å². The summed E-state index contributed by atoms with van der Waals surface area (Å²) in [5, 5.41) is 0. The van der Waals surface area contributed by atoms with Gasteiger partial charge in [-0.05, 0) is 77.3 Å². The highest BCUT2D eigenvalue weighted by atomic mass is 16.5. The molecule has 3 rings (SSSR count). The number of ether oxygens (including phenoxy) is 1. The van der Waals surface area contributed by atoms with Crippen LogP contribution in [0.25, 0.3) is 0 Å². The molecule has 1 saturated heterocycles. The Morgan fingerprint density at radius 1 is 1.19 bits per heavy atom. The fourth-order valence-electron chi connectivity index (χ4n) is 4.08. The van der Waals surface area contributed by atoms with Crippen molar-refractivity contribution in [3.8, 4) is 0 Å². The van der Waals surface area contributed by atoms with E-state index in [2.05, 4.69) is 59.9 Å². The normalized spacial score (nSPS) is 20.9. The van der Waals surface area contributed by atoms with Crippen molar-refractivity contribution in [2.24, 2.45) is 5.41 Å². The van der Waals surface area contributed by atoms with Crippen molar-refractivity contribution < 1.29 is 4.74 Å². The lowest BCUT2D eigenvalue weighted by molar-refractivity contribution is 0.0383. The molecule has 0 N–H and O–H groups in total. The molecule has 4 heteroatoms. The number of rotatable bonds is 8. The average molecular weight is 368 g/mol. The van der Waals surface area contributed by atoms with E-state index in [1.165, 1.54) is 17.7 Å². The summed E-state index contributed by atoms with van der Waals surface area (Å²) in [4.78, 5) is 11.6. The highest BCUT2D eigenvalue weighted by Crippen LogP contribution is 2.41. The Morgan fingerprint density at radius 3 is 2.70 bits per heavy atom. The Bertz CT molecular complexity index is 714. The fraction of sp³-hybridized carbons (Fsp3) is 0.565. The second kappa shape index (κ2) is 8.49. The molecule has 0 radical (unpaired) electrons. The third kappa shape index (κ3) is 4.74.